The minimum atomic E-state index is -4.22. The van der Waals surface area contributed by atoms with Gasteiger partial charge in [-0.05, 0) is 44.7 Å². The van der Waals surface area contributed by atoms with Crippen molar-refractivity contribution in [2.45, 2.75) is 70.6 Å². The van der Waals surface area contributed by atoms with E-state index in [2.05, 4.69) is 6.92 Å². The van der Waals surface area contributed by atoms with Crippen LogP contribution in [0.25, 0.3) is 0 Å². The molecule has 0 amide bonds. The Morgan fingerprint density at radius 3 is 2.42 bits per heavy atom. The van der Waals surface area contributed by atoms with Crippen LogP contribution < -0.4 is 5.73 Å². The van der Waals surface area contributed by atoms with Crippen molar-refractivity contribution in [3.8, 4) is 0 Å². The van der Waals surface area contributed by atoms with Crippen LogP contribution in [0.4, 0.5) is 13.2 Å². The topological polar surface area (TPSA) is 29.3 Å². The first-order valence-electron chi connectivity index (χ1n) is 7.46. The van der Waals surface area contributed by atoms with Crippen molar-refractivity contribution in [1.29, 1.82) is 0 Å². The average molecular weight is 280 g/mol. The second kappa shape index (κ2) is 7.48. The van der Waals surface area contributed by atoms with Gasteiger partial charge in [0.25, 0.3) is 0 Å². The lowest BCUT2D eigenvalue weighted by Gasteiger charge is -2.35. The van der Waals surface area contributed by atoms with Gasteiger partial charge in [-0.2, -0.15) is 13.2 Å². The summed E-state index contributed by atoms with van der Waals surface area (Å²) in [6, 6.07) is -2.29. The molecule has 5 heteroatoms. The molecular weight excluding hydrogens is 253 g/mol. The van der Waals surface area contributed by atoms with Gasteiger partial charge in [0.15, 0.2) is 0 Å². The van der Waals surface area contributed by atoms with E-state index in [0.717, 1.165) is 32.1 Å². The molecule has 19 heavy (non-hydrogen) atoms. The number of rotatable bonds is 5. The highest BCUT2D eigenvalue weighted by Crippen LogP contribution is 2.31. The first-order chi connectivity index (χ1) is 8.90. The Balaban J connectivity index is 2.69. The van der Waals surface area contributed by atoms with Crippen molar-refractivity contribution < 1.29 is 13.2 Å². The number of nitrogens with two attached hydrogens (primary N) is 1. The molecule has 0 aromatic heterocycles. The standard InChI is InChI=1S/C14H27F3N2/c1-3-6-11-7-5-9-19(10-8-11)13(12(18)4-2)14(15,16)17/h11-13H,3-10,18H2,1-2H3. The average Bonchev–Trinajstić information content (AvgIpc) is 2.54. The lowest BCUT2D eigenvalue weighted by Crippen LogP contribution is -2.56. The van der Waals surface area contributed by atoms with Crippen LogP contribution in [0.3, 0.4) is 0 Å². The molecule has 1 saturated heterocycles. The van der Waals surface area contributed by atoms with Crippen LogP contribution in [0.2, 0.25) is 0 Å². The predicted molar refractivity (Wildman–Crippen MR) is 71.9 cm³/mol. The molecule has 2 N–H and O–H groups in total. The summed E-state index contributed by atoms with van der Waals surface area (Å²) in [5.41, 5.74) is 5.72. The minimum absolute atomic E-state index is 0.360. The van der Waals surface area contributed by atoms with Crippen LogP contribution in [-0.4, -0.2) is 36.2 Å². The Labute approximate surface area is 114 Å². The van der Waals surface area contributed by atoms with Gasteiger partial charge in [-0.15, -0.1) is 0 Å². The summed E-state index contributed by atoms with van der Waals surface area (Å²) in [4.78, 5) is 1.57. The van der Waals surface area contributed by atoms with Gasteiger partial charge < -0.3 is 5.73 Å². The van der Waals surface area contributed by atoms with Gasteiger partial charge in [0, 0.05) is 6.04 Å². The Bertz CT molecular complexity index is 256. The summed E-state index contributed by atoms with van der Waals surface area (Å²) < 4.78 is 39.6. The molecule has 1 heterocycles. The number of nitrogens with zero attached hydrogens (tertiary/aromatic N) is 1. The second-order valence-electron chi connectivity index (χ2n) is 5.68. The van der Waals surface area contributed by atoms with E-state index < -0.39 is 18.3 Å². The Morgan fingerprint density at radius 1 is 1.21 bits per heavy atom. The molecule has 0 aliphatic carbocycles. The third-order valence-corrected chi connectivity index (χ3v) is 4.18. The van der Waals surface area contributed by atoms with E-state index in [1.807, 2.05) is 0 Å². The largest absolute Gasteiger partial charge is 0.405 e. The molecule has 0 aromatic carbocycles. The molecule has 0 radical (unpaired) electrons. The minimum Gasteiger partial charge on any atom is -0.326 e. The second-order valence-corrected chi connectivity index (χ2v) is 5.68. The first kappa shape index (κ1) is 16.8. The Kier molecular flexibility index (Phi) is 6.60. The van der Waals surface area contributed by atoms with Crippen LogP contribution in [0, 0.1) is 5.92 Å². The highest BCUT2D eigenvalue weighted by molar-refractivity contribution is 4.89. The molecule has 3 atom stereocenters. The van der Waals surface area contributed by atoms with Crippen LogP contribution in [0.15, 0.2) is 0 Å². The molecule has 0 aromatic rings. The van der Waals surface area contributed by atoms with Gasteiger partial charge in [-0.1, -0.05) is 26.7 Å². The highest BCUT2D eigenvalue weighted by atomic mass is 19.4. The summed E-state index contributed by atoms with van der Waals surface area (Å²) in [6.45, 7) is 4.91. The number of alkyl halides is 3. The van der Waals surface area contributed by atoms with Crippen molar-refractivity contribution in [1.82, 2.24) is 4.90 Å². The third kappa shape index (κ3) is 4.95. The monoisotopic (exact) mass is 280 g/mol. The molecule has 0 saturated carbocycles. The van der Waals surface area contributed by atoms with Gasteiger partial charge in [-0.3, -0.25) is 4.90 Å². The summed E-state index contributed by atoms with van der Waals surface area (Å²) >= 11 is 0. The van der Waals surface area contributed by atoms with Crippen LogP contribution in [0.5, 0.6) is 0 Å². The van der Waals surface area contributed by atoms with Gasteiger partial charge in [0.05, 0.1) is 0 Å². The molecule has 0 bridgehead atoms. The lowest BCUT2D eigenvalue weighted by atomic mass is 9.96. The van der Waals surface area contributed by atoms with Gasteiger partial charge in [-0.25, -0.2) is 0 Å². The number of likely N-dealkylation sites (tertiary alicyclic amines) is 1. The maximum atomic E-state index is 13.2. The SMILES string of the molecule is CCCC1CCCN(C(C(N)CC)C(F)(F)F)CC1. The predicted octanol–water partition coefficient (Wildman–Crippen LogP) is 3.56. The number of hydrogen-bond acceptors (Lipinski definition) is 2. The van der Waals surface area contributed by atoms with Gasteiger partial charge in [0.1, 0.15) is 6.04 Å². The fourth-order valence-corrected chi connectivity index (χ4v) is 3.11. The van der Waals surface area contributed by atoms with Crippen LogP contribution >= 0.6 is 0 Å². The Morgan fingerprint density at radius 2 is 1.89 bits per heavy atom. The van der Waals surface area contributed by atoms with E-state index in [1.54, 1.807) is 11.8 Å². The van der Waals surface area contributed by atoms with E-state index in [1.165, 1.54) is 0 Å². The van der Waals surface area contributed by atoms with E-state index >= 15 is 0 Å². The molecule has 114 valence electrons. The van der Waals surface area contributed by atoms with Crippen LogP contribution in [-0.2, 0) is 0 Å². The smallest absolute Gasteiger partial charge is 0.326 e. The van der Waals surface area contributed by atoms with Gasteiger partial charge >= 0.3 is 6.18 Å². The molecule has 1 fully saturated rings. The lowest BCUT2D eigenvalue weighted by molar-refractivity contribution is -0.189. The zero-order chi connectivity index (χ0) is 14.5. The quantitative estimate of drug-likeness (QED) is 0.834. The van der Waals surface area contributed by atoms with E-state index in [4.69, 9.17) is 5.73 Å². The van der Waals surface area contributed by atoms with Crippen molar-refractivity contribution >= 4 is 0 Å². The maximum absolute atomic E-state index is 13.2. The van der Waals surface area contributed by atoms with Crippen molar-refractivity contribution in [3.05, 3.63) is 0 Å². The maximum Gasteiger partial charge on any atom is 0.405 e. The first-order valence-corrected chi connectivity index (χ1v) is 7.46. The summed E-state index contributed by atoms with van der Waals surface area (Å²) in [6.07, 6.45) is 1.16. The fourth-order valence-electron chi connectivity index (χ4n) is 3.11. The van der Waals surface area contributed by atoms with Gasteiger partial charge in [0.2, 0.25) is 0 Å². The molecule has 1 aliphatic heterocycles. The Hall–Kier alpha value is -0.290. The molecule has 1 aliphatic rings. The molecule has 2 nitrogen and oxygen atoms in total. The van der Waals surface area contributed by atoms with Crippen molar-refractivity contribution in [2.24, 2.45) is 11.7 Å². The number of halogens is 3. The number of hydrogen-bond donors (Lipinski definition) is 1. The summed E-state index contributed by atoms with van der Waals surface area (Å²) in [5.74, 6) is 0.585. The van der Waals surface area contributed by atoms with Crippen molar-refractivity contribution in [2.75, 3.05) is 13.1 Å². The summed E-state index contributed by atoms with van der Waals surface area (Å²) in [5, 5.41) is 0. The van der Waals surface area contributed by atoms with E-state index in [0.29, 0.717) is 25.4 Å². The molecule has 0 spiro atoms. The zero-order valence-electron chi connectivity index (χ0n) is 12.0. The van der Waals surface area contributed by atoms with E-state index in [9.17, 15) is 13.2 Å². The molecular formula is C14H27F3N2. The normalized spacial score (nSPS) is 25.9. The van der Waals surface area contributed by atoms with Crippen LogP contribution in [0.1, 0.15) is 52.4 Å². The highest BCUT2D eigenvalue weighted by Gasteiger charge is 2.46. The fraction of sp³-hybridized carbons (Fsp3) is 1.00. The van der Waals surface area contributed by atoms with E-state index in [-0.39, 0.29) is 0 Å². The zero-order valence-corrected chi connectivity index (χ0v) is 12.0. The summed E-state index contributed by atoms with van der Waals surface area (Å²) in [7, 11) is 0. The molecule has 3 unspecified atom stereocenters. The third-order valence-electron chi connectivity index (χ3n) is 4.18. The molecule has 1 rings (SSSR count). The van der Waals surface area contributed by atoms with Crippen molar-refractivity contribution in [3.63, 3.8) is 0 Å².